The SMILES string of the molecule is CNc1cc(C(=O)N2CCC(OC)C2)c([N+](=O)[O-])cc1F. The van der Waals surface area contributed by atoms with E-state index in [4.69, 9.17) is 4.74 Å². The molecule has 1 atom stereocenters. The first-order chi connectivity index (χ1) is 9.97. The maximum atomic E-state index is 13.6. The number of nitro groups is 1. The van der Waals surface area contributed by atoms with Gasteiger partial charge in [0.15, 0.2) is 5.82 Å². The zero-order chi connectivity index (χ0) is 15.6. The first kappa shape index (κ1) is 15.2. The lowest BCUT2D eigenvalue weighted by atomic mass is 10.1. The number of halogens is 1. The van der Waals surface area contributed by atoms with Crippen molar-refractivity contribution in [3.63, 3.8) is 0 Å². The minimum absolute atomic E-state index is 0.0476. The lowest BCUT2D eigenvalue weighted by Gasteiger charge is -2.17. The van der Waals surface area contributed by atoms with Gasteiger partial charge in [-0.25, -0.2) is 4.39 Å². The van der Waals surface area contributed by atoms with E-state index in [1.54, 1.807) is 7.11 Å². The highest BCUT2D eigenvalue weighted by molar-refractivity contribution is 5.99. The highest BCUT2D eigenvalue weighted by atomic mass is 19.1. The minimum Gasteiger partial charge on any atom is -0.386 e. The van der Waals surface area contributed by atoms with Gasteiger partial charge in [0.05, 0.1) is 22.8 Å². The number of carbonyl (C=O) groups is 1. The van der Waals surface area contributed by atoms with Crippen molar-refractivity contribution in [3.8, 4) is 0 Å². The molecule has 1 amide bonds. The van der Waals surface area contributed by atoms with E-state index in [-0.39, 0.29) is 17.4 Å². The summed E-state index contributed by atoms with van der Waals surface area (Å²) in [4.78, 5) is 24.2. The zero-order valence-corrected chi connectivity index (χ0v) is 11.8. The Bertz CT molecular complexity index is 579. The third kappa shape index (κ3) is 2.94. The molecule has 1 aliphatic rings. The second-order valence-corrected chi connectivity index (χ2v) is 4.75. The molecule has 8 heteroatoms. The van der Waals surface area contributed by atoms with Gasteiger partial charge in [-0.15, -0.1) is 0 Å². The summed E-state index contributed by atoms with van der Waals surface area (Å²) < 4.78 is 18.8. The molecule has 0 aliphatic carbocycles. The molecule has 1 aromatic rings. The minimum atomic E-state index is -0.767. The van der Waals surface area contributed by atoms with Crippen LogP contribution in [0.1, 0.15) is 16.8 Å². The fourth-order valence-electron chi connectivity index (χ4n) is 2.35. The number of nitro benzene ring substituents is 1. The Kier molecular flexibility index (Phi) is 4.37. The van der Waals surface area contributed by atoms with Crippen molar-refractivity contribution in [2.45, 2.75) is 12.5 Å². The summed E-state index contributed by atoms with van der Waals surface area (Å²) in [5, 5.41) is 13.6. The number of methoxy groups -OCH3 is 1. The van der Waals surface area contributed by atoms with Crippen LogP contribution in [0.25, 0.3) is 0 Å². The van der Waals surface area contributed by atoms with Crippen molar-refractivity contribution in [2.24, 2.45) is 0 Å². The van der Waals surface area contributed by atoms with Crippen LogP contribution in [0.15, 0.2) is 12.1 Å². The first-order valence-electron chi connectivity index (χ1n) is 6.45. The summed E-state index contributed by atoms with van der Waals surface area (Å²) in [6.45, 7) is 0.833. The summed E-state index contributed by atoms with van der Waals surface area (Å²) in [6.07, 6.45) is 0.605. The van der Waals surface area contributed by atoms with Gasteiger partial charge >= 0.3 is 0 Å². The largest absolute Gasteiger partial charge is 0.386 e. The summed E-state index contributed by atoms with van der Waals surface area (Å²) in [6, 6.07) is 1.94. The van der Waals surface area contributed by atoms with E-state index in [0.717, 1.165) is 6.07 Å². The van der Waals surface area contributed by atoms with Crippen LogP contribution >= 0.6 is 0 Å². The molecule has 1 unspecified atom stereocenters. The van der Waals surface area contributed by atoms with Crippen LogP contribution in [0.4, 0.5) is 15.8 Å². The molecule has 114 valence electrons. The summed E-state index contributed by atoms with van der Waals surface area (Å²) in [5.74, 6) is -1.25. The average Bonchev–Trinajstić information content (AvgIpc) is 2.95. The number of rotatable bonds is 4. The maximum absolute atomic E-state index is 13.6. The van der Waals surface area contributed by atoms with Crippen molar-refractivity contribution < 1.29 is 18.8 Å². The first-order valence-corrected chi connectivity index (χ1v) is 6.45. The smallest absolute Gasteiger partial charge is 0.285 e. The number of benzene rings is 1. The molecule has 0 saturated carbocycles. The van der Waals surface area contributed by atoms with E-state index in [2.05, 4.69) is 5.32 Å². The molecule has 1 heterocycles. The topological polar surface area (TPSA) is 84.7 Å². The number of hydrogen-bond acceptors (Lipinski definition) is 5. The van der Waals surface area contributed by atoms with Gasteiger partial charge in [-0.3, -0.25) is 14.9 Å². The maximum Gasteiger partial charge on any atom is 0.285 e. The molecule has 0 spiro atoms. The Labute approximate surface area is 120 Å². The monoisotopic (exact) mass is 297 g/mol. The number of hydrogen-bond donors (Lipinski definition) is 1. The van der Waals surface area contributed by atoms with Gasteiger partial charge in [0, 0.05) is 27.2 Å². The number of carbonyl (C=O) groups excluding carboxylic acids is 1. The van der Waals surface area contributed by atoms with Gasteiger partial charge < -0.3 is 15.0 Å². The summed E-state index contributed by atoms with van der Waals surface area (Å²) in [5.41, 5.74) is -0.605. The van der Waals surface area contributed by atoms with Gasteiger partial charge in [-0.05, 0) is 12.5 Å². The van der Waals surface area contributed by atoms with Crippen molar-refractivity contribution in [1.29, 1.82) is 0 Å². The third-order valence-corrected chi connectivity index (χ3v) is 3.55. The number of nitrogens with one attached hydrogen (secondary N) is 1. The molecule has 2 rings (SSSR count). The fraction of sp³-hybridized carbons (Fsp3) is 0.462. The predicted molar refractivity (Wildman–Crippen MR) is 73.9 cm³/mol. The molecule has 1 fully saturated rings. The Morgan fingerprint density at radius 1 is 1.57 bits per heavy atom. The number of nitrogens with zero attached hydrogens (tertiary/aromatic N) is 2. The van der Waals surface area contributed by atoms with Crippen LogP contribution in [0, 0.1) is 15.9 Å². The van der Waals surface area contributed by atoms with Crippen LogP contribution in [0.2, 0.25) is 0 Å². The predicted octanol–water partition coefficient (Wildman–Crippen LogP) is 1.64. The number of likely N-dealkylation sites (tertiary alicyclic amines) is 1. The molecular formula is C13H16FN3O4. The number of anilines is 1. The van der Waals surface area contributed by atoms with E-state index in [9.17, 15) is 19.3 Å². The van der Waals surface area contributed by atoms with Gasteiger partial charge in [0.2, 0.25) is 0 Å². The Hall–Kier alpha value is -2.22. The van der Waals surface area contributed by atoms with Gasteiger partial charge in [0.1, 0.15) is 5.56 Å². The molecule has 1 saturated heterocycles. The van der Waals surface area contributed by atoms with Crippen LogP contribution in [-0.2, 0) is 4.74 Å². The lowest BCUT2D eigenvalue weighted by molar-refractivity contribution is -0.385. The standard InChI is InChI=1S/C13H16FN3O4/c1-15-11-5-9(12(17(19)20)6-10(11)14)13(18)16-4-3-8(7-16)21-2/h5-6,8,15H,3-4,7H2,1-2H3. The second-order valence-electron chi connectivity index (χ2n) is 4.75. The summed E-state index contributed by atoms with van der Waals surface area (Å²) >= 11 is 0. The van der Waals surface area contributed by atoms with Crippen LogP contribution in [0.5, 0.6) is 0 Å². The summed E-state index contributed by atoms with van der Waals surface area (Å²) in [7, 11) is 3.04. The molecule has 1 aliphatic heterocycles. The molecule has 21 heavy (non-hydrogen) atoms. The van der Waals surface area contributed by atoms with Crippen LogP contribution < -0.4 is 5.32 Å². The van der Waals surface area contributed by atoms with Crippen molar-refractivity contribution in [1.82, 2.24) is 4.90 Å². The van der Waals surface area contributed by atoms with E-state index in [0.29, 0.717) is 19.5 Å². The van der Waals surface area contributed by atoms with Crippen molar-refractivity contribution in [3.05, 3.63) is 33.6 Å². The van der Waals surface area contributed by atoms with Crippen LogP contribution in [0.3, 0.4) is 0 Å². The van der Waals surface area contributed by atoms with Crippen molar-refractivity contribution >= 4 is 17.3 Å². The molecule has 7 nitrogen and oxygen atoms in total. The Morgan fingerprint density at radius 3 is 2.81 bits per heavy atom. The Balaban J connectivity index is 2.37. The highest BCUT2D eigenvalue weighted by Crippen LogP contribution is 2.28. The van der Waals surface area contributed by atoms with Gasteiger partial charge in [0.25, 0.3) is 11.6 Å². The lowest BCUT2D eigenvalue weighted by Crippen LogP contribution is -2.30. The van der Waals surface area contributed by atoms with Crippen molar-refractivity contribution in [2.75, 3.05) is 32.6 Å². The molecular weight excluding hydrogens is 281 g/mol. The number of ether oxygens (including phenoxy) is 1. The second kappa shape index (κ2) is 6.04. The Morgan fingerprint density at radius 2 is 2.29 bits per heavy atom. The average molecular weight is 297 g/mol. The highest BCUT2D eigenvalue weighted by Gasteiger charge is 2.31. The number of amides is 1. The van der Waals surface area contributed by atoms with Gasteiger partial charge in [-0.1, -0.05) is 0 Å². The van der Waals surface area contributed by atoms with Gasteiger partial charge in [-0.2, -0.15) is 0 Å². The molecule has 0 bridgehead atoms. The van der Waals surface area contributed by atoms with E-state index in [1.807, 2.05) is 0 Å². The third-order valence-electron chi connectivity index (χ3n) is 3.55. The normalized spacial score (nSPS) is 17.9. The van der Waals surface area contributed by atoms with E-state index < -0.39 is 22.3 Å². The van der Waals surface area contributed by atoms with E-state index >= 15 is 0 Å². The molecule has 0 aromatic heterocycles. The van der Waals surface area contributed by atoms with E-state index in [1.165, 1.54) is 18.0 Å². The molecule has 0 radical (unpaired) electrons. The van der Waals surface area contributed by atoms with Crippen LogP contribution in [-0.4, -0.2) is 49.1 Å². The fourth-order valence-corrected chi connectivity index (χ4v) is 2.35. The molecule has 1 aromatic carbocycles. The quantitative estimate of drug-likeness (QED) is 0.674. The molecule has 1 N–H and O–H groups in total. The zero-order valence-electron chi connectivity index (χ0n) is 11.8.